The van der Waals surface area contributed by atoms with E-state index in [-0.39, 0.29) is 5.91 Å². The second kappa shape index (κ2) is 7.05. The molecule has 0 aliphatic carbocycles. The highest BCUT2D eigenvalue weighted by atomic mass is 32.1. The summed E-state index contributed by atoms with van der Waals surface area (Å²) in [5, 5.41) is 0.720. The smallest absolute Gasteiger partial charge is 0.276 e. The number of benzene rings is 1. The minimum Gasteiger partial charge on any atom is -0.493 e. The average Bonchev–Trinajstić information content (AvgIpc) is 3.01. The van der Waals surface area contributed by atoms with Crippen LogP contribution < -0.4 is 20.7 Å². The van der Waals surface area contributed by atoms with Gasteiger partial charge in [-0.25, -0.2) is 10.8 Å². The molecule has 7 heteroatoms. The number of aromatic nitrogens is 1. The summed E-state index contributed by atoms with van der Waals surface area (Å²) in [4.78, 5) is 16.2. The predicted molar refractivity (Wildman–Crippen MR) is 81.5 cm³/mol. The Morgan fingerprint density at radius 1 is 1.43 bits per heavy atom. The molecule has 0 radical (unpaired) electrons. The van der Waals surface area contributed by atoms with Crippen molar-refractivity contribution < 1.29 is 14.3 Å². The lowest BCUT2D eigenvalue weighted by Crippen LogP contribution is -2.29. The third-order valence-electron chi connectivity index (χ3n) is 2.73. The third-order valence-corrected chi connectivity index (χ3v) is 3.78. The zero-order chi connectivity index (χ0) is 15.2. The van der Waals surface area contributed by atoms with Gasteiger partial charge in [-0.1, -0.05) is 6.92 Å². The topological polar surface area (TPSA) is 86.5 Å². The standard InChI is InChI=1S/C14H17N3O3S/c1-3-6-20-11-7-9(4-5-10(11)19-2)14-16-8-12(21-14)13(18)17-15/h4-5,7-8H,3,6,15H2,1-2H3,(H,17,18). The summed E-state index contributed by atoms with van der Waals surface area (Å²) in [5.74, 6) is 6.09. The number of carbonyl (C=O) groups is 1. The maximum absolute atomic E-state index is 11.5. The molecular weight excluding hydrogens is 290 g/mol. The molecule has 0 fully saturated rings. The maximum atomic E-state index is 11.5. The molecule has 1 amide bonds. The Hall–Kier alpha value is -2.12. The summed E-state index contributed by atoms with van der Waals surface area (Å²) >= 11 is 1.27. The number of hydrogen-bond acceptors (Lipinski definition) is 6. The molecule has 0 aliphatic heterocycles. The van der Waals surface area contributed by atoms with Crippen molar-refractivity contribution in [3.05, 3.63) is 29.3 Å². The Kier molecular flexibility index (Phi) is 5.13. The van der Waals surface area contributed by atoms with Crippen molar-refractivity contribution >= 4 is 17.2 Å². The lowest BCUT2D eigenvalue weighted by molar-refractivity contribution is 0.0957. The van der Waals surface area contributed by atoms with Gasteiger partial charge in [0.25, 0.3) is 5.91 Å². The molecule has 1 heterocycles. The van der Waals surface area contributed by atoms with Crippen LogP contribution in [0.1, 0.15) is 23.0 Å². The van der Waals surface area contributed by atoms with Gasteiger partial charge in [0.15, 0.2) is 11.5 Å². The van der Waals surface area contributed by atoms with E-state index in [1.807, 2.05) is 25.1 Å². The van der Waals surface area contributed by atoms with E-state index < -0.39 is 0 Å². The largest absolute Gasteiger partial charge is 0.493 e. The normalized spacial score (nSPS) is 10.2. The number of rotatable bonds is 6. The molecule has 0 spiro atoms. The number of ether oxygens (including phenoxy) is 2. The van der Waals surface area contributed by atoms with Crippen LogP contribution in [0.3, 0.4) is 0 Å². The molecule has 0 aliphatic rings. The van der Waals surface area contributed by atoms with Crippen LogP contribution in [0.5, 0.6) is 11.5 Å². The molecule has 112 valence electrons. The van der Waals surface area contributed by atoms with E-state index in [0.29, 0.717) is 23.0 Å². The fourth-order valence-corrected chi connectivity index (χ4v) is 2.53. The average molecular weight is 307 g/mol. The number of methoxy groups -OCH3 is 1. The number of hydrogen-bond donors (Lipinski definition) is 2. The highest BCUT2D eigenvalue weighted by Crippen LogP contribution is 2.34. The minimum atomic E-state index is -0.352. The molecule has 0 bridgehead atoms. The van der Waals surface area contributed by atoms with Crippen LogP contribution >= 0.6 is 11.3 Å². The number of thiazole rings is 1. The third kappa shape index (κ3) is 3.50. The Morgan fingerprint density at radius 2 is 2.24 bits per heavy atom. The first-order valence-electron chi connectivity index (χ1n) is 6.47. The van der Waals surface area contributed by atoms with Crippen molar-refractivity contribution in [1.29, 1.82) is 0 Å². The molecule has 6 nitrogen and oxygen atoms in total. The Labute approximate surface area is 126 Å². The number of hydrazine groups is 1. The van der Waals surface area contributed by atoms with Crippen molar-refractivity contribution in [2.75, 3.05) is 13.7 Å². The fourth-order valence-electron chi connectivity index (χ4n) is 1.72. The number of nitrogens with zero attached hydrogens (tertiary/aromatic N) is 1. The van der Waals surface area contributed by atoms with Crippen molar-refractivity contribution in [1.82, 2.24) is 10.4 Å². The molecule has 1 aromatic heterocycles. The van der Waals surface area contributed by atoms with Crippen molar-refractivity contribution in [3.63, 3.8) is 0 Å². The van der Waals surface area contributed by atoms with E-state index in [2.05, 4.69) is 10.4 Å². The molecular formula is C14H17N3O3S. The van der Waals surface area contributed by atoms with Crippen LogP contribution in [0.4, 0.5) is 0 Å². The molecule has 3 N–H and O–H groups in total. The van der Waals surface area contributed by atoms with E-state index >= 15 is 0 Å². The van der Waals surface area contributed by atoms with E-state index in [0.717, 1.165) is 17.0 Å². The second-order valence-electron chi connectivity index (χ2n) is 4.22. The van der Waals surface area contributed by atoms with Crippen LogP contribution in [-0.4, -0.2) is 24.6 Å². The van der Waals surface area contributed by atoms with Gasteiger partial charge in [-0.05, 0) is 24.6 Å². The summed E-state index contributed by atoms with van der Waals surface area (Å²) in [5.41, 5.74) is 2.95. The van der Waals surface area contributed by atoms with E-state index in [4.69, 9.17) is 15.3 Å². The van der Waals surface area contributed by atoms with Crippen molar-refractivity contribution in [2.45, 2.75) is 13.3 Å². The molecule has 2 rings (SSSR count). The van der Waals surface area contributed by atoms with Gasteiger partial charge in [-0.2, -0.15) is 0 Å². The van der Waals surface area contributed by atoms with Gasteiger partial charge < -0.3 is 9.47 Å². The molecule has 0 unspecified atom stereocenters. The van der Waals surface area contributed by atoms with Gasteiger partial charge in [0.05, 0.1) is 19.9 Å². The Morgan fingerprint density at radius 3 is 2.90 bits per heavy atom. The summed E-state index contributed by atoms with van der Waals surface area (Å²) in [7, 11) is 1.60. The van der Waals surface area contributed by atoms with E-state index in [9.17, 15) is 4.79 Å². The lowest BCUT2D eigenvalue weighted by atomic mass is 10.2. The van der Waals surface area contributed by atoms with Crippen LogP contribution in [0, 0.1) is 0 Å². The van der Waals surface area contributed by atoms with Gasteiger partial charge in [-0.3, -0.25) is 10.2 Å². The quantitative estimate of drug-likeness (QED) is 0.485. The number of nitrogen functional groups attached to an aromatic ring is 1. The molecule has 21 heavy (non-hydrogen) atoms. The number of nitrogens with two attached hydrogens (primary N) is 1. The summed E-state index contributed by atoms with van der Waals surface area (Å²) < 4.78 is 10.9. The Bertz CT molecular complexity index is 628. The van der Waals surface area contributed by atoms with Crippen molar-refractivity contribution in [2.24, 2.45) is 5.84 Å². The van der Waals surface area contributed by atoms with Crippen molar-refractivity contribution in [3.8, 4) is 22.1 Å². The lowest BCUT2D eigenvalue weighted by Gasteiger charge is -2.10. The molecule has 0 saturated heterocycles. The van der Waals surface area contributed by atoms with Gasteiger partial charge in [-0.15, -0.1) is 11.3 Å². The zero-order valence-corrected chi connectivity index (χ0v) is 12.7. The zero-order valence-electron chi connectivity index (χ0n) is 11.9. The molecule has 1 aromatic carbocycles. The Balaban J connectivity index is 2.31. The monoisotopic (exact) mass is 307 g/mol. The maximum Gasteiger partial charge on any atom is 0.276 e. The molecule has 0 saturated carbocycles. The first-order valence-corrected chi connectivity index (χ1v) is 7.29. The molecule has 0 atom stereocenters. The second-order valence-corrected chi connectivity index (χ2v) is 5.25. The summed E-state index contributed by atoms with van der Waals surface area (Å²) in [6, 6.07) is 5.56. The van der Waals surface area contributed by atoms with Gasteiger partial charge in [0.2, 0.25) is 0 Å². The minimum absolute atomic E-state index is 0.352. The number of amides is 1. The first-order chi connectivity index (χ1) is 10.2. The molecule has 2 aromatic rings. The highest BCUT2D eigenvalue weighted by Gasteiger charge is 2.13. The highest BCUT2D eigenvalue weighted by molar-refractivity contribution is 7.16. The SMILES string of the molecule is CCCOc1cc(-c2ncc(C(=O)NN)s2)ccc1OC. The van der Waals surface area contributed by atoms with E-state index in [1.54, 1.807) is 7.11 Å². The fraction of sp³-hybridized carbons (Fsp3) is 0.286. The van der Waals surface area contributed by atoms with Crippen LogP contribution in [0.15, 0.2) is 24.4 Å². The van der Waals surface area contributed by atoms with Gasteiger partial charge in [0, 0.05) is 5.56 Å². The first kappa shape index (κ1) is 15.3. The van der Waals surface area contributed by atoms with Crippen LogP contribution in [0.25, 0.3) is 10.6 Å². The van der Waals surface area contributed by atoms with Crippen LogP contribution in [-0.2, 0) is 0 Å². The van der Waals surface area contributed by atoms with Gasteiger partial charge >= 0.3 is 0 Å². The number of nitrogens with one attached hydrogen (secondary N) is 1. The number of carbonyl (C=O) groups excluding carboxylic acids is 1. The summed E-state index contributed by atoms with van der Waals surface area (Å²) in [6.07, 6.45) is 2.41. The predicted octanol–water partition coefficient (Wildman–Crippen LogP) is 2.21. The van der Waals surface area contributed by atoms with Crippen LogP contribution in [0.2, 0.25) is 0 Å². The van der Waals surface area contributed by atoms with Gasteiger partial charge in [0.1, 0.15) is 9.88 Å². The van der Waals surface area contributed by atoms with E-state index in [1.165, 1.54) is 17.5 Å². The summed E-state index contributed by atoms with van der Waals surface area (Å²) in [6.45, 7) is 2.65.